The molecule has 1 N–H and O–H groups in total. The molecule has 2 unspecified atom stereocenters. The summed E-state index contributed by atoms with van der Waals surface area (Å²) in [7, 11) is 0. The van der Waals surface area contributed by atoms with Gasteiger partial charge in [-0.2, -0.15) is 0 Å². The molecule has 0 aromatic rings. The number of ether oxygens (including phenoxy) is 1. The normalized spacial score (nSPS) is 27.3. The summed E-state index contributed by atoms with van der Waals surface area (Å²) in [4.78, 5) is 16.3. The van der Waals surface area contributed by atoms with Crippen LogP contribution in [0.4, 0.5) is 0 Å². The number of rotatable bonds is 4. The molecule has 0 aromatic carbocycles. The fraction of sp³-hybridized carbons (Fsp3) is 0.929. The Labute approximate surface area is 115 Å². The zero-order valence-electron chi connectivity index (χ0n) is 11.9. The summed E-state index contributed by atoms with van der Waals surface area (Å²) in [6.45, 7) is 7.46. The van der Waals surface area contributed by atoms with Crippen molar-refractivity contribution in [1.29, 1.82) is 0 Å². The number of carbonyl (C=O) groups is 1. The third-order valence-corrected chi connectivity index (χ3v) is 4.23. The number of aliphatic hydroxyl groups excluding tert-OH is 1. The maximum Gasteiger partial charge on any atom is 0.224 e. The molecule has 2 atom stereocenters. The van der Waals surface area contributed by atoms with E-state index < -0.39 is 0 Å². The molecule has 0 aromatic heterocycles. The number of amides is 1. The van der Waals surface area contributed by atoms with Crippen LogP contribution in [0.3, 0.4) is 0 Å². The molecular formula is C14H26N2O3. The number of likely N-dealkylation sites (tertiary alicyclic amines) is 1. The number of hydrogen-bond donors (Lipinski definition) is 1. The molecule has 0 spiro atoms. The third kappa shape index (κ3) is 4.44. The highest BCUT2D eigenvalue weighted by Crippen LogP contribution is 2.19. The maximum absolute atomic E-state index is 12.1. The van der Waals surface area contributed by atoms with Crippen molar-refractivity contribution in [3.05, 3.63) is 0 Å². The quantitative estimate of drug-likeness (QED) is 0.800. The number of carbonyl (C=O) groups excluding carboxylic acids is 1. The topological polar surface area (TPSA) is 53.0 Å². The Balaban J connectivity index is 1.70. The van der Waals surface area contributed by atoms with E-state index >= 15 is 0 Å². The molecule has 2 rings (SSSR count). The van der Waals surface area contributed by atoms with Crippen LogP contribution in [-0.4, -0.2) is 72.9 Å². The number of hydrogen-bond acceptors (Lipinski definition) is 4. The summed E-state index contributed by atoms with van der Waals surface area (Å²) in [5, 5.41) is 9.66. The summed E-state index contributed by atoms with van der Waals surface area (Å²) in [5.74, 6) is 0.606. The average molecular weight is 270 g/mol. The van der Waals surface area contributed by atoms with E-state index in [1.807, 2.05) is 11.8 Å². The predicted molar refractivity (Wildman–Crippen MR) is 72.9 cm³/mol. The molecule has 1 amide bonds. The van der Waals surface area contributed by atoms with Gasteiger partial charge in [-0.05, 0) is 32.2 Å². The van der Waals surface area contributed by atoms with Crippen LogP contribution in [0.1, 0.15) is 26.2 Å². The molecule has 19 heavy (non-hydrogen) atoms. The predicted octanol–water partition coefficient (Wildman–Crippen LogP) is 0.328. The first-order valence-corrected chi connectivity index (χ1v) is 7.43. The molecule has 2 fully saturated rings. The minimum absolute atomic E-state index is 0.238. The lowest BCUT2D eigenvalue weighted by atomic mass is 9.93. The van der Waals surface area contributed by atoms with Crippen molar-refractivity contribution in [1.82, 2.24) is 9.80 Å². The van der Waals surface area contributed by atoms with E-state index in [9.17, 15) is 9.90 Å². The molecule has 2 saturated heterocycles. The van der Waals surface area contributed by atoms with Crippen molar-refractivity contribution in [2.45, 2.75) is 32.3 Å². The highest BCUT2D eigenvalue weighted by atomic mass is 16.5. The van der Waals surface area contributed by atoms with Crippen molar-refractivity contribution in [3.63, 3.8) is 0 Å². The lowest BCUT2D eigenvalue weighted by molar-refractivity contribution is -0.135. The standard InChI is InChI=1S/C14H26N2O3/c1-12(17)13-3-2-5-15(11-13)6-4-14(18)16-7-9-19-10-8-16/h12-13,17H,2-11H2,1H3. The van der Waals surface area contributed by atoms with Gasteiger partial charge in [0.1, 0.15) is 0 Å². The van der Waals surface area contributed by atoms with Crippen LogP contribution in [0.2, 0.25) is 0 Å². The van der Waals surface area contributed by atoms with Gasteiger partial charge in [-0.3, -0.25) is 4.79 Å². The Morgan fingerprint density at radius 2 is 2.11 bits per heavy atom. The molecule has 0 saturated carbocycles. The van der Waals surface area contributed by atoms with E-state index in [1.54, 1.807) is 0 Å². The van der Waals surface area contributed by atoms with Gasteiger partial charge in [-0.25, -0.2) is 0 Å². The van der Waals surface area contributed by atoms with E-state index in [0.717, 1.165) is 45.6 Å². The van der Waals surface area contributed by atoms with Crippen molar-refractivity contribution in [2.24, 2.45) is 5.92 Å². The van der Waals surface area contributed by atoms with Crippen LogP contribution in [0, 0.1) is 5.92 Å². The minimum atomic E-state index is -0.238. The van der Waals surface area contributed by atoms with Crippen LogP contribution in [0.25, 0.3) is 0 Å². The van der Waals surface area contributed by atoms with Crippen LogP contribution >= 0.6 is 0 Å². The van der Waals surface area contributed by atoms with Gasteiger partial charge in [0.15, 0.2) is 0 Å². The maximum atomic E-state index is 12.1. The summed E-state index contributed by atoms with van der Waals surface area (Å²) < 4.78 is 5.25. The Morgan fingerprint density at radius 3 is 2.79 bits per heavy atom. The number of morpholine rings is 1. The first-order valence-electron chi connectivity index (χ1n) is 7.43. The average Bonchev–Trinajstić information content (AvgIpc) is 2.46. The first kappa shape index (κ1) is 14.8. The summed E-state index contributed by atoms with van der Waals surface area (Å²) in [6, 6.07) is 0. The van der Waals surface area contributed by atoms with Gasteiger partial charge >= 0.3 is 0 Å². The molecule has 5 nitrogen and oxygen atoms in total. The fourth-order valence-electron chi connectivity index (χ4n) is 2.91. The van der Waals surface area contributed by atoms with Gasteiger partial charge in [-0.15, -0.1) is 0 Å². The van der Waals surface area contributed by atoms with Crippen LogP contribution in [0.5, 0.6) is 0 Å². The smallest absolute Gasteiger partial charge is 0.224 e. The number of nitrogens with zero attached hydrogens (tertiary/aromatic N) is 2. The second-order valence-electron chi connectivity index (χ2n) is 5.69. The third-order valence-electron chi connectivity index (χ3n) is 4.23. The van der Waals surface area contributed by atoms with Gasteiger partial charge in [0.2, 0.25) is 5.91 Å². The van der Waals surface area contributed by atoms with Crippen molar-refractivity contribution in [3.8, 4) is 0 Å². The molecule has 0 bridgehead atoms. The molecular weight excluding hydrogens is 244 g/mol. The lowest BCUT2D eigenvalue weighted by Gasteiger charge is -2.34. The first-order chi connectivity index (χ1) is 9.16. The molecule has 2 aliphatic rings. The largest absolute Gasteiger partial charge is 0.393 e. The van der Waals surface area contributed by atoms with Crippen molar-refractivity contribution < 1.29 is 14.6 Å². The number of aliphatic hydroxyl groups is 1. The lowest BCUT2D eigenvalue weighted by Crippen LogP contribution is -2.44. The molecule has 5 heteroatoms. The Morgan fingerprint density at radius 1 is 1.37 bits per heavy atom. The Hall–Kier alpha value is -0.650. The van der Waals surface area contributed by atoms with Gasteiger partial charge < -0.3 is 19.6 Å². The summed E-state index contributed by atoms with van der Waals surface area (Å²) >= 11 is 0. The van der Waals surface area contributed by atoms with Gasteiger partial charge in [0.05, 0.1) is 19.3 Å². The fourth-order valence-corrected chi connectivity index (χ4v) is 2.91. The highest BCUT2D eigenvalue weighted by molar-refractivity contribution is 5.76. The second kappa shape index (κ2) is 7.22. The monoisotopic (exact) mass is 270 g/mol. The minimum Gasteiger partial charge on any atom is -0.393 e. The Kier molecular flexibility index (Phi) is 5.60. The summed E-state index contributed by atoms with van der Waals surface area (Å²) in [5.41, 5.74) is 0. The van der Waals surface area contributed by atoms with Crippen LogP contribution < -0.4 is 0 Å². The zero-order valence-corrected chi connectivity index (χ0v) is 11.9. The van der Waals surface area contributed by atoms with E-state index in [1.165, 1.54) is 0 Å². The van der Waals surface area contributed by atoms with E-state index in [4.69, 9.17) is 4.74 Å². The number of piperidine rings is 1. The molecule has 110 valence electrons. The summed E-state index contributed by atoms with van der Waals surface area (Å²) in [6.07, 6.45) is 2.58. The molecule has 0 aliphatic carbocycles. The highest BCUT2D eigenvalue weighted by Gasteiger charge is 2.24. The second-order valence-corrected chi connectivity index (χ2v) is 5.69. The Bertz CT molecular complexity index is 290. The molecule has 2 aliphatic heterocycles. The van der Waals surface area contributed by atoms with Crippen LogP contribution in [-0.2, 0) is 9.53 Å². The SMILES string of the molecule is CC(O)C1CCCN(CCC(=O)N2CCOCC2)C1. The van der Waals surface area contributed by atoms with E-state index in [-0.39, 0.29) is 12.0 Å². The zero-order chi connectivity index (χ0) is 13.7. The van der Waals surface area contributed by atoms with Crippen LogP contribution in [0.15, 0.2) is 0 Å². The molecule has 2 heterocycles. The van der Waals surface area contributed by atoms with Gasteiger partial charge in [-0.1, -0.05) is 0 Å². The molecule has 0 radical (unpaired) electrons. The van der Waals surface area contributed by atoms with Crippen molar-refractivity contribution in [2.75, 3.05) is 45.9 Å². The van der Waals surface area contributed by atoms with Gasteiger partial charge in [0, 0.05) is 32.6 Å². The van der Waals surface area contributed by atoms with E-state index in [2.05, 4.69) is 4.90 Å². The van der Waals surface area contributed by atoms with Gasteiger partial charge in [0.25, 0.3) is 0 Å². The van der Waals surface area contributed by atoms with Crippen molar-refractivity contribution >= 4 is 5.91 Å². The van der Waals surface area contributed by atoms with E-state index in [0.29, 0.717) is 25.6 Å².